The van der Waals surface area contributed by atoms with E-state index in [9.17, 15) is 4.79 Å². The summed E-state index contributed by atoms with van der Waals surface area (Å²) in [6.07, 6.45) is 7.03. The maximum atomic E-state index is 11.6. The number of hydrogen-bond donors (Lipinski definition) is 1. The molecule has 3 heterocycles. The number of esters is 1. The molecule has 7 heteroatoms. The number of methoxy groups -OCH3 is 1. The Morgan fingerprint density at radius 3 is 2.70 bits per heavy atom. The van der Waals surface area contributed by atoms with E-state index in [0.29, 0.717) is 24.5 Å². The van der Waals surface area contributed by atoms with Crippen LogP contribution in [-0.2, 0) is 9.53 Å². The highest BCUT2D eigenvalue weighted by atomic mass is 32.1. The molecule has 0 radical (unpaired) electrons. The largest absolute Gasteiger partial charge is 0.469 e. The van der Waals surface area contributed by atoms with Crippen molar-refractivity contribution >= 4 is 23.3 Å². The Bertz CT molecular complexity index is 1010. The Hall–Kier alpha value is -3.19. The fourth-order valence-corrected chi connectivity index (χ4v) is 4.19. The molecule has 0 aliphatic carbocycles. The van der Waals surface area contributed by atoms with Gasteiger partial charge in [-0.15, -0.1) is 0 Å². The highest BCUT2D eigenvalue weighted by molar-refractivity contribution is 7.80. The first-order valence-corrected chi connectivity index (χ1v) is 10.4. The Balaban J connectivity index is 1.64. The number of rotatable bonds is 7. The zero-order chi connectivity index (χ0) is 20.9. The van der Waals surface area contributed by atoms with Crippen LogP contribution in [0.3, 0.4) is 0 Å². The summed E-state index contributed by atoms with van der Waals surface area (Å²) < 4.78 is 6.89. The van der Waals surface area contributed by atoms with Gasteiger partial charge in [-0.1, -0.05) is 24.3 Å². The third kappa shape index (κ3) is 4.21. The smallest absolute Gasteiger partial charge is 0.305 e. The number of pyridine rings is 1. The molecule has 0 saturated carbocycles. The predicted molar refractivity (Wildman–Crippen MR) is 119 cm³/mol. The Morgan fingerprint density at radius 2 is 1.97 bits per heavy atom. The molecule has 1 aliphatic heterocycles. The average Bonchev–Trinajstić information content (AvgIpc) is 3.40. The number of benzene rings is 1. The second-order valence-corrected chi connectivity index (χ2v) is 7.57. The van der Waals surface area contributed by atoms with Crippen molar-refractivity contribution in [2.45, 2.75) is 24.9 Å². The van der Waals surface area contributed by atoms with E-state index in [-0.39, 0.29) is 18.1 Å². The molecule has 6 nitrogen and oxygen atoms in total. The lowest BCUT2D eigenvalue weighted by Crippen LogP contribution is -2.30. The number of aromatic nitrogens is 2. The summed E-state index contributed by atoms with van der Waals surface area (Å²) >= 11 is 5.67. The van der Waals surface area contributed by atoms with Crippen molar-refractivity contribution in [3.05, 3.63) is 84.4 Å². The third-order valence-electron chi connectivity index (χ3n) is 5.32. The molecular formula is C23H24N4O2S. The topological polar surface area (TPSA) is 59.4 Å². The van der Waals surface area contributed by atoms with Gasteiger partial charge in [0, 0.05) is 37.2 Å². The second kappa shape index (κ2) is 9.09. The normalized spacial score (nSPS) is 18.3. The van der Waals surface area contributed by atoms with Gasteiger partial charge in [0.15, 0.2) is 5.11 Å². The van der Waals surface area contributed by atoms with Gasteiger partial charge in [-0.25, -0.2) is 0 Å². The van der Waals surface area contributed by atoms with Gasteiger partial charge in [-0.2, -0.15) is 0 Å². The molecule has 0 bridgehead atoms. The van der Waals surface area contributed by atoms with E-state index >= 15 is 0 Å². The summed E-state index contributed by atoms with van der Waals surface area (Å²) in [5.41, 5.74) is 3.18. The first-order chi connectivity index (χ1) is 14.7. The van der Waals surface area contributed by atoms with Crippen LogP contribution in [0.25, 0.3) is 5.69 Å². The molecule has 2 aromatic heterocycles. The zero-order valence-corrected chi connectivity index (χ0v) is 17.6. The van der Waals surface area contributed by atoms with Crippen LogP contribution < -0.4 is 5.32 Å². The molecule has 2 unspecified atom stereocenters. The maximum absolute atomic E-state index is 11.6. The monoisotopic (exact) mass is 420 g/mol. The van der Waals surface area contributed by atoms with E-state index < -0.39 is 0 Å². The van der Waals surface area contributed by atoms with Gasteiger partial charge in [-0.3, -0.25) is 9.78 Å². The fourth-order valence-electron chi connectivity index (χ4n) is 3.85. The molecule has 1 saturated heterocycles. The first-order valence-electron chi connectivity index (χ1n) is 9.95. The summed E-state index contributed by atoms with van der Waals surface area (Å²) in [6.45, 7) is 0.658. The van der Waals surface area contributed by atoms with Crippen molar-refractivity contribution in [1.29, 1.82) is 0 Å². The van der Waals surface area contributed by atoms with Crippen molar-refractivity contribution in [1.82, 2.24) is 19.8 Å². The van der Waals surface area contributed by atoms with Crippen LogP contribution in [0.5, 0.6) is 0 Å². The Kier molecular flexibility index (Phi) is 6.09. The van der Waals surface area contributed by atoms with Gasteiger partial charge < -0.3 is 19.5 Å². The summed E-state index contributed by atoms with van der Waals surface area (Å²) in [5.74, 6) is -0.207. The first kappa shape index (κ1) is 20.1. The standard InChI is InChI=1S/C23H24N4O2S/c1-29-20(28)11-7-14-27-22(21(25-23(27)30)19-10-5-6-13-24-19)17-12-15-26(16-17)18-8-3-2-4-9-18/h2-6,8-10,12-13,15-16,21-22H,7,11,14H2,1H3,(H,25,30). The van der Waals surface area contributed by atoms with Crippen LogP contribution in [0.4, 0.5) is 0 Å². The number of carbonyl (C=O) groups is 1. The third-order valence-corrected chi connectivity index (χ3v) is 5.67. The average molecular weight is 421 g/mol. The van der Waals surface area contributed by atoms with Gasteiger partial charge in [0.05, 0.1) is 24.9 Å². The number of nitrogens with one attached hydrogen (secondary N) is 1. The van der Waals surface area contributed by atoms with Crippen molar-refractivity contribution in [2.75, 3.05) is 13.7 Å². The predicted octanol–water partition coefficient (Wildman–Crippen LogP) is 3.80. The van der Waals surface area contributed by atoms with Crippen LogP contribution in [0.2, 0.25) is 0 Å². The summed E-state index contributed by atoms with van der Waals surface area (Å²) in [7, 11) is 1.41. The zero-order valence-electron chi connectivity index (χ0n) is 16.8. The summed E-state index contributed by atoms with van der Waals surface area (Å²) in [6, 6.07) is 18.2. The minimum absolute atomic E-state index is 0.0185. The van der Waals surface area contributed by atoms with E-state index in [1.807, 2.05) is 36.4 Å². The SMILES string of the molecule is COC(=O)CCCN1C(=S)NC(c2ccccn2)C1c1ccn(-c2ccccc2)c1. The lowest BCUT2D eigenvalue weighted by atomic mass is 9.99. The van der Waals surface area contributed by atoms with E-state index in [0.717, 1.165) is 16.9 Å². The van der Waals surface area contributed by atoms with Crippen molar-refractivity contribution < 1.29 is 9.53 Å². The van der Waals surface area contributed by atoms with Gasteiger partial charge in [-0.05, 0) is 54.5 Å². The fraction of sp³-hybridized carbons (Fsp3) is 0.261. The molecular weight excluding hydrogens is 396 g/mol. The van der Waals surface area contributed by atoms with Gasteiger partial charge in [0.2, 0.25) is 0 Å². The summed E-state index contributed by atoms with van der Waals surface area (Å²) in [5, 5.41) is 4.11. The van der Waals surface area contributed by atoms with Gasteiger partial charge in [0.25, 0.3) is 0 Å². The highest BCUT2D eigenvalue weighted by Crippen LogP contribution is 2.39. The van der Waals surface area contributed by atoms with Crippen molar-refractivity contribution in [3.8, 4) is 5.69 Å². The second-order valence-electron chi connectivity index (χ2n) is 7.19. The molecule has 1 fully saturated rings. The number of hydrogen-bond acceptors (Lipinski definition) is 4. The maximum Gasteiger partial charge on any atom is 0.305 e. The van der Waals surface area contributed by atoms with E-state index in [1.165, 1.54) is 7.11 Å². The van der Waals surface area contributed by atoms with Crippen LogP contribution >= 0.6 is 12.2 Å². The number of nitrogens with zero attached hydrogens (tertiary/aromatic N) is 3. The van der Waals surface area contributed by atoms with E-state index in [4.69, 9.17) is 17.0 Å². The molecule has 30 heavy (non-hydrogen) atoms. The highest BCUT2D eigenvalue weighted by Gasteiger charge is 2.39. The molecule has 2 atom stereocenters. The Morgan fingerprint density at radius 1 is 1.17 bits per heavy atom. The molecule has 1 aromatic carbocycles. The van der Waals surface area contributed by atoms with Crippen LogP contribution in [0.15, 0.2) is 73.2 Å². The number of thiocarbonyl (C=S) groups is 1. The molecule has 1 aliphatic rings. The molecule has 0 amide bonds. The van der Waals surface area contributed by atoms with E-state index in [2.05, 4.69) is 50.4 Å². The quantitative estimate of drug-likeness (QED) is 0.464. The van der Waals surface area contributed by atoms with E-state index in [1.54, 1.807) is 6.20 Å². The van der Waals surface area contributed by atoms with Crippen molar-refractivity contribution in [3.63, 3.8) is 0 Å². The van der Waals surface area contributed by atoms with Gasteiger partial charge in [0.1, 0.15) is 0 Å². The minimum Gasteiger partial charge on any atom is -0.469 e. The number of para-hydroxylation sites is 1. The Labute approximate surface area is 181 Å². The number of carbonyl (C=O) groups excluding carboxylic acids is 1. The van der Waals surface area contributed by atoms with Crippen LogP contribution in [0, 0.1) is 0 Å². The minimum atomic E-state index is -0.207. The number of ether oxygens (including phenoxy) is 1. The van der Waals surface area contributed by atoms with Crippen molar-refractivity contribution in [2.24, 2.45) is 0 Å². The molecule has 0 spiro atoms. The lowest BCUT2D eigenvalue weighted by molar-refractivity contribution is -0.140. The lowest BCUT2D eigenvalue weighted by Gasteiger charge is -2.27. The van der Waals surface area contributed by atoms with Gasteiger partial charge >= 0.3 is 5.97 Å². The molecule has 1 N–H and O–H groups in total. The van der Waals surface area contributed by atoms with Crippen LogP contribution in [-0.4, -0.2) is 39.2 Å². The molecule has 3 aromatic rings. The summed E-state index contributed by atoms with van der Waals surface area (Å²) in [4.78, 5) is 18.3. The molecule has 4 rings (SSSR count). The van der Waals surface area contributed by atoms with Crippen LogP contribution in [0.1, 0.15) is 36.2 Å². The molecule has 154 valence electrons.